The zero-order valence-electron chi connectivity index (χ0n) is 10.8. The van der Waals surface area contributed by atoms with Gasteiger partial charge in [0.1, 0.15) is 0 Å². The number of nitrogens with one attached hydrogen (secondary N) is 1. The summed E-state index contributed by atoms with van der Waals surface area (Å²) in [5.74, 6) is -0.802. The smallest absolute Gasteiger partial charge is 0.308 e. The molecule has 2 atom stereocenters. The first-order chi connectivity index (χ1) is 9.02. The van der Waals surface area contributed by atoms with E-state index in [9.17, 15) is 9.59 Å². The number of hydrogen-bond acceptors (Lipinski definition) is 5. The summed E-state index contributed by atoms with van der Waals surface area (Å²) in [5.41, 5.74) is 0.244. The van der Waals surface area contributed by atoms with Crippen molar-refractivity contribution >= 4 is 17.7 Å². The molecule has 1 fully saturated rings. The molecule has 102 valence electrons. The van der Waals surface area contributed by atoms with Gasteiger partial charge < -0.3 is 15.3 Å². The summed E-state index contributed by atoms with van der Waals surface area (Å²) in [4.78, 5) is 24.3. The first-order valence-corrected chi connectivity index (χ1v) is 6.06. The molecule has 2 N–H and O–H groups in total. The molecule has 7 heteroatoms. The number of rotatable bonds is 3. The van der Waals surface area contributed by atoms with Crippen LogP contribution in [0.15, 0.2) is 12.1 Å². The van der Waals surface area contributed by atoms with Crippen LogP contribution in [0.2, 0.25) is 0 Å². The third-order valence-corrected chi connectivity index (χ3v) is 3.36. The summed E-state index contributed by atoms with van der Waals surface area (Å²) in [6.07, 6.45) is 0. The number of hydrogen-bond donors (Lipinski definition) is 2. The molecule has 1 aliphatic rings. The van der Waals surface area contributed by atoms with Crippen molar-refractivity contribution in [2.24, 2.45) is 11.8 Å². The molecule has 0 unspecified atom stereocenters. The van der Waals surface area contributed by atoms with E-state index in [0.717, 1.165) is 0 Å². The topological polar surface area (TPSA) is 95.4 Å². The molecule has 1 amide bonds. The Labute approximate surface area is 110 Å². The quantitative estimate of drug-likeness (QED) is 0.797. The van der Waals surface area contributed by atoms with Gasteiger partial charge in [-0.1, -0.05) is 6.92 Å². The lowest BCUT2D eigenvalue weighted by Gasteiger charge is -2.15. The van der Waals surface area contributed by atoms with E-state index in [2.05, 4.69) is 15.5 Å². The molecule has 0 saturated carbocycles. The average molecular weight is 264 g/mol. The van der Waals surface area contributed by atoms with Crippen LogP contribution in [-0.2, 0) is 4.79 Å². The van der Waals surface area contributed by atoms with Crippen LogP contribution in [0.5, 0.6) is 0 Å². The molecule has 2 rings (SSSR count). The third-order valence-electron chi connectivity index (χ3n) is 3.36. The van der Waals surface area contributed by atoms with E-state index in [1.54, 1.807) is 12.1 Å². The predicted molar refractivity (Wildman–Crippen MR) is 67.9 cm³/mol. The van der Waals surface area contributed by atoms with Crippen LogP contribution < -0.4 is 10.2 Å². The van der Waals surface area contributed by atoms with Crippen molar-refractivity contribution in [1.82, 2.24) is 15.5 Å². The van der Waals surface area contributed by atoms with Crippen molar-refractivity contribution in [3.63, 3.8) is 0 Å². The number of aliphatic carboxylic acids is 1. The van der Waals surface area contributed by atoms with E-state index in [4.69, 9.17) is 5.11 Å². The van der Waals surface area contributed by atoms with Gasteiger partial charge in [0.05, 0.1) is 5.92 Å². The van der Waals surface area contributed by atoms with Crippen molar-refractivity contribution in [3.05, 3.63) is 17.8 Å². The number of carbonyl (C=O) groups excluding carboxylic acids is 1. The number of anilines is 1. The molecule has 1 aliphatic heterocycles. The lowest BCUT2D eigenvalue weighted by Crippen LogP contribution is -2.25. The minimum atomic E-state index is -0.787. The molecule has 0 spiro atoms. The lowest BCUT2D eigenvalue weighted by atomic mass is 9.99. The number of carboxylic acids is 1. The fourth-order valence-corrected chi connectivity index (χ4v) is 2.22. The predicted octanol–water partition coefficient (Wildman–Crippen LogP) is -0.00690. The van der Waals surface area contributed by atoms with Gasteiger partial charge >= 0.3 is 5.97 Å². The molecule has 1 aromatic rings. The van der Waals surface area contributed by atoms with Gasteiger partial charge in [0, 0.05) is 20.1 Å². The monoisotopic (exact) mass is 264 g/mol. The van der Waals surface area contributed by atoms with Gasteiger partial charge in [0.15, 0.2) is 11.5 Å². The highest BCUT2D eigenvalue weighted by Crippen LogP contribution is 2.26. The number of carboxylic acid groups (broad SMARTS) is 1. The minimum Gasteiger partial charge on any atom is -0.481 e. The highest BCUT2D eigenvalue weighted by atomic mass is 16.4. The average Bonchev–Trinajstić information content (AvgIpc) is 2.80. The summed E-state index contributed by atoms with van der Waals surface area (Å²) >= 11 is 0. The minimum absolute atomic E-state index is 0.0675. The summed E-state index contributed by atoms with van der Waals surface area (Å²) < 4.78 is 0. The number of amides is 1. The zero-order chi connectivity index (χ0) is 14.0. The number of aromatic nitrogens is 2. The van der Waals surface area contributed by atoms with Crippen molar-refractivity contribution in [2.75, 3.05) is 25.0 Å². The van der Waals surface area contributed by atoms with Gasteiger partial charge in [-0.2, -0.15) is 0 Å². The fraction of sp³-hybridized carbons (Fsp3) is 0.500. The molecule has 1 saturated heterocycles. The molecular weight excluding hydrogens is 248 g/mol. The van der Waals surface area contributed by atoms with E-state index >= 15 is 0 Å². The first kappa shape index (κ1) is 13.3. The Morgan fingerprint density at radius 3 is 2.58 bits per heavy atom. The van der Waals surface area contributed by atoms with Crippen LogP contribution in [0.4, 0.5) is 5.82 Å². The molecule has 0 radical (unpaired) electrons. The molecule has 7 nitrogen and oxygen atoms in total. The van der Waals surface area contributed by atoms with Crippen LogP contribution in [-0.4, -0.2) is 47.3 Å². The molecule has 2 heterocycles. The molecule has 1 aromatic heterocycles. The summed E-state index contributed by atoms with van der Waals surface area (Å²) in [7, 11) is 1.53. The van der Waals surface area contributed by atoms with Crippen LogP contribution in [0.1, 0.15) is 17.4 Å². The maximum Gasteiger partial charge on any atom is 0.308 e. The Morgan fingerprint density at radius 2 is 2.11 bits per heavy atom. The molecular formula is C12H16N4O3. The summed E-state index contributed by atoms with van der Waals surface area (Å²) in [6.45, 7) is 2.96. The number of nitrogens with zero attached hydrogens (tertiary/aromatic N) is 3. The maximum atomic E-state index is 11.3. The summed E-state index contributed by atoms with van der Waals surface area (Å²) in [6, 6.07) is 3.27. The van der Waals surface area contributed by atoms with E-state index in [1.165, 1.54) is 7.05 Å². The first-order valence-electron chi connectivity index (χ1n) is 6.06. The van der Waals surface area contributed by atoms with Crippen molar-refractivity contribution in [3.8, 4) is 0 Å². The van der Waals surface area contributed by atoms with Crippen LogP contribution in [0.3, 0.4) is 0 Å². The van der Waals surface area contributed by atoms with Gasteiger partial charge in [0.2, 0.25) is 0 Å². The van der Waals surface area contributed by atoms with Crippen LogP contribution >= 0.6 is 0 Å². The van der Waals surface area contributed by atoms with Gasteiger partial charge in [-0.05, 0) is 18.1 Å². The van der Waals surface area contributed by atoms with E-state index in [1.807, 2.05) is 11.8 Å². The summed E-state index contributed by atoms with van der Waals surface area (Å²) in [5, 5.41) is 19.4. The Bertz CT molecular complexity index is 488. The molecule has 0 bridgehead atoms. The molecule has 19 heavy (non-hydrogen) atoms. The van der Waals surface area contributed by atoms with E-state index in [-0.39, 0.29) is 23.4 Å². The Balaban J connectivity index is 2.12. The second kappa shape index (κ2) is 5.21. The van der Waals surface area contributed by atoms with Crippen molar-refractivity contribution < 1.29 is 14.7 Å². The fourth-order valence-electron chi connectivity index (χ4n) is 2.22. The van der Waals surface area contributed by atoms with E-state index < -0.39 is 5.97 Å². The van der Waals surface area contributed by atoms with Crippen LogP contribution in [0.25, 0.3) is 0 Å². The molecule has 0 aliphatic carbocycles. The van der Waals surface area contributed by atoms with Gasteiger partial charge in [-0.25, -0.2) is 0 Å². The third kappa shape index (κ3) is 2.64. The Kier molecular flexibility index (Phi) is 3.64. The van der Waals surface area contributed by atoms with Crippen molar-refractivity contribution in [1.29, 1.82) is 0 Å². The Morgan fingerprint density at radius 1 is 1.37 bits per heavy atom. The largest absolute Gasteiger partial charge is 0.481 e. The van der Waals surface area contributed by atoms with Crippen molar-refractivity contribution in [2.45, 2.75) is 6.92 Å². The van der Waals surface area contributed by atoms with Gasteiger partial charge in [0.25, 0.3) is 5.91 Å². The second-order valence-electron chi connectivity index (χ2n) is 4.68. The SMILES string of the molecule is CNC(=O)c1ccc(N2C[C@@H](C)[C@H](C(=O)O)C2)nn1. The second-order valence-corrected chi connectivity index (χ2v) is 4.68. The van der Waals surface area contributed by atoms with E-state index in [0.29, 0.717) is 18.9 Å². The standard InChI is InChI=1S/C12H16N4O3/c1-7-5-16(6-8(7)12(18)19)10-4-3-9(14-15-10)11(17)13-2/h3-4,7-8H,5-6H2,1-2H3,(H,13,17)(H,18,19)/t7-,8-/m1/s1. The highest BCUT2D eigenvalue weighted by molar-refractivity contribution is 5.91. The molecule has 0 aromatic carbocycles. The Hall–Kier alpha value is -2.18. The van der Waals surface area contributed by atoms with Crippen LogP contribution in [0, 0.1) is 11.8 Å². The van der Waals surface area contributed by atoms with Gasteiger partial charge in [-0.15, -0.1) is 10.2 Å². The number of carbonyl (C=O) groups is 2. The maximum absolute atomic E-state index is 11.3. The zero-order valence-corrected chi connectivity index (χ0v) is 10.8. The van der Waals surface area contributed by atoms with Gasteiger partial charge in [-0.3, -0.25) is 9.59 Å². The highest BCUT2D eigenvalue weighted by Gasteiger charge is 2.35. The lowest BCUT2D eigenvalue weighted by molar-refractivity contribution is -0.142. The normalized spacial score (nSPS) is 22.3.